The highest BCUT2D eigenvalue weighted by Gasteiger charge is 2.04. The van der Waals surface area contributed by atoms with E-state index < -0.39 is 0 Å². The van der Waals surface area contributed by atoms with E-state index in [1.807, 2.05) is 20.2 Å². The van der Waals surface area contributed by atoms with E-state index in [0.29, 0.717) is 36.6 Å². The highest BCUT2D eigenvalue weighted by Crippen LogP contribution is 2.13. The molecule has 0 atom stereocenters. The number of rotatable bonds is 6. The Bertz CT molecular complexity index is 543. The van der Waals surface area contributed by atoms with Crippen molar-refractivity contribution in [1.29, 1.82) is 0 Å². The second-order valence-electron chi connectivity index (χ2n) is 4.01. The van der Waals surface area contributed by atoms with E-state index in [2.05, 4.69) is 20.4 Å². The van der Waals surface area contributed by atoms with E-state index in [0.717, 1.165) is 5.56 Å². The van der Waals surface area contributed by atoms with Crippen LogP contribution in [0.3, 0.4) is 0 Å². The number of aromatic nitrogens is 4. The van der Waals surface area contributed by atoms with Crippen LogP contribution in [0.5, 0.6) is 0 Å². The fourth-order valence-electron chi connectivity index (χ4n) is 1.57. The van der Waals surface area contributed by atoms with Crippen LogP contribution in [0, 0.1) is 0 Å². The van der Waals surface area contributed by atoms with Gasteiger partial charge >= 0.3 is 0 Å². The minimum Gasteiger partial charge on any atom is -0.374 e. The number of halogens is 1. The van der Waals surface area contributed by atoms with Crippen molar-refractivity contribution < 1.29 is 4.74 Å². The lowest BCUT2D eigenvalue weighted by Gasteiger charge is -2.07. The smallest absolute Gasteiger partial charge is 0.158 e. The van der Waals surface area contributed by atoms with Gasteiger partial charge in [-0.05, 0) is 6.92 Å². The molecule has 2 rings (SSSR count). The van der Waals surface area contributed by atoms with E-state index in [1.165, 1.54) is 0 Å². The van der Waals surface area contributed by atoms with Gasteiger partial charge in [0.2, 0.25) is 0 Å². The Morgan fingerprint density at radius 2 is 2.26 bits per heavy atom. The molecule has 0 aliphatic carbocycles. The first-order chi connectivity index (χ1) is 9.17. The summed E-state index contributed by atoms with van der Waals surface area (Å²) in [6.45, 7) is 3.54. The van der Waals surface area contributed by atoms with Crippen molar-refractivity contribution in [3.8, 4) is 0 Å². The van der Waals surface area contributed by atoms with Gasteiger partial charge in [-0.2, -0.15) is 5.10 Å². The van der Waals surface area contributed by atoms with Crippen molar-refractivity contribution >= 4 is 17.4 Å². The van der Waals surface area contributed by atoms with Crippen molar-refractivity contribution in [2.45, 2.75) is 20.1 Å². The average Bonchev–Trinajstić information content (AvgIpc) is 2.79. The molecule has 0 bridgehead atoms. The molecule has 2 aromatic heterocycles. The lowest BCUT2D eigenvalue weighted by molar-refractivity contribution is 0.128. The van der Waals surface area contributed by atoms with E-state index in [-0.39, 0.29) is 0 Å². The van der Waals surface area contributed by atoms with E-state index in [1.54, 1.807) is 16.9 Å². The molecule has 6 nitrogen and oxygen atoms in total. The minimum absolute atomic E-state index is 0.360. The van der Waals surface area contributed by atoms with Crippen molar-refractivity contribution in [1.82, 2.24) is 19.7 Å². The second-order valence-corrected chi connectivity index (χ2v) is 4.39. The molecule has 0 aliphatic rings. The Hall–Kier alpha value is -1.66. The van der Waals surface area contributed by atoms with Crippen molar-refractivity contribution in [2.75, 3.05) is 11.9 Å². The van der Waals surface area contributed by atoms with Crippen LogP contribution in [0.1, 0.15) is 18.3 Å². The van der Waals surface area contributed by atoms with Crippen molar-refractivity contribution in [3.05, 3.63) is 35.0 Å². The number of nitrogens with zero attached hydrogens (tertiary/aromatic N) is 4. The van der Waals surface area contributed by atoms with Gasteiger partial charge in [-0.25, -0.2) is 9.97 Å². The third-order valence-corrected chi connectivity index (χ3v) is 2.60. The Labute approximate surface area is 116 Å². The molecule has 102 valence electrons. The van der Waals surface area contributed by atoms with Crippen LogP contribution in [-0.4, -0.2) is 26.4 Å². The molecule has 0 unspecified atom stereocenters. The molecule has 0 aliphatic heterocycles. The third kappa shape index (κ3) is 4.18. The third-order valence-electron chi connectivity index (χ3n) is 2.41. The summed E-state index contributed by atoms with van der Waals surface area (Å²) < 4.78 is 7.03. The normalized spacial score (nSPS) is 10.7. The van der Waals surface area contributed by atoms with E-state index in [4.69, 9.17) is 16.3 Å². The van der Waals surface area contributed by atoms with Crippen LogP contribution in [0.25, 0.3) is 0 Å². The first-order valence-corrected chi connectivity index (χ1v) is 6.37. The number of anilines is 1. The summed E-state index contributed by atoms with van der Waals surface area (Å²) in [6.07, 6.45) is 3.74. The van der Waals surface area contributed by atoms with Crippen molar-refractivity contribution in [3.63, 3.8) is 0 Å². The molecule has 19 heavy (non-hydrogen) atoms. The second kappa shape index (κ2) is 6.49. The molecular weight excluding hydrogens is 266 g/mol. The summed E-state index contributed by atoms with van der Waals surface area (Å²) in [4.78, 5) is 8.44. The van der Waals surface area contributed by atoms with E-state index >= 15 is 0 Å². The topological polar surface area (TPSA) is 64.9 Å². The van der Waals surface area contributed by atoms with Gasteiger partial charge in [0.05, 0.1) is 6.20 Å². The Morgan fingerprint density at radius 1 is 1.42 bits per heavy atom. The molecule has 2 aromatic rings. The maximum absolute atomic E-state index is 5.95. The summed E-state index contributed by atoms with van der Waals surface area (Å²) >= 11 is 5.95. The molecule has 0 fully saturated rings. The Morgan fingerprint density at radius 3 is 2.95 bits per heavy atom. The van der Waals surface area contributed by atoms with Crippen LogP contribution in [0.4, 0.5) is 5.82 Å². The zero-order valence-corrected chi connectivity index (χ0v) is 11.7. The molecule has 0 saturated heterocycles. The van der Waals surface area contributed by atoms with Crippen LogP contribution in [0.2, 0.25) is 5.15 Å². The molecule has 1 N–H and O–H groups in total. The van der Waals surface area contributed by atoms with Gasteiger partial charge in [-0.1, -0.05) is 11.6 Å². The fraction of sp³-hybridized carbons (Fsp3) is 0.417. The highest BCUT2D eigenvalue weighted by molar-refractivity contribution is 6.29. The van der Waals surface area contributed by atoms with Gasteiger partial charge in [-0.15, -0.1) is 0 Å². The van der Waals surface area contributed by atoms with Crippen LogP contribution < -0.4 is 5.32 Å². The Kier molecular flexibility index (Phi) is 4.70. The summed E-state index contributed by atoms with van der Waals surface area (Å²) in [5.41, 5.74) is 1.07. The number of nitrogens with one attached hydrogen (secondary N) is 1. The summed E-state index contributed by atoms with van der Waals surface area (Å²) in [7, 11) is 1.88. The summed E-state index contributed by atoms with van der Waals surface area (Å²) in [5, 5.41) is 7.69. The van der Waals surface area contributed by atoms with Gasteiger partial charge in [0, 0.05) is 38.0 Å². The van der Waals surface area contributed by atoms with Crippen molar-refractivity contribution in [2.24, 2.45) is 7.05 Å². The largest absolute Gasteiger partial charge is 0.374 e. The zero-order chi connectivity index (χ0) is 13.7. The quantitative estimate of drug-likeness (QED) is 0.821. The fourth-order valence-corrected chi connectivity index (χ4v) is 1.77. The highest BCUT2D eigenvalue weighted by atomic mass is 35.5. The molecule has 7 heteroatoms. The SMILES string of the molecule is CCOCc1nc(Cl)cc(NCc2cnn(C)c2)n1. The van der Waals surface area contributed by atoms with E-state index in [9.17, 15) is 0 Å². The predicted octanol–water partition coefficient (Wildman–Crippen LogP) is 2.01. The molecule has 2 heterocycles. The maximum atomic E-state index is 5.95. The summed E-state index contributed by atoms with van der Waals surface area (Å²) in [5.74, 6) is 1.25. The Balaban J connectivity index is 2.01. The van der Waals surface area contributed by atoms with Gasteiger partial charge < -0.3 is 10.1 Å². The van der Waals surface area contributed by atoms with Crippen LogP contribution in [-0.2, 0) is 24.9 Å². The monoisotopic (exact) mass is 281 g/mol. The number of hydrogen-bond acceptors (Lipinski definition) is 5. The number of ether oxygens (including phenoxy) is 1. The molecule has 0 spiro atoms. The first kappa shape index (κ1) is 13.8. The van der Waals surface area contributed by atoms with Gasteiger partial charge in [0.25, 0.3) is 0 Å². The molecule has 0 saturated carbocycles. The number of aryl methyl sites for hydroxylation is 1. The zero-order valence-electron chi connectivity index (χ0n) is 10.9. The lowest BCUT2D eigenvalue weighted by atomic mass is 10.3. The van der Waals surface area contributed by atoms with Crippen LogP contribution in [0.15, 0.2) is 18.5 Å². The first-order valence-electron chi connectivity index (χ1n) is 6.00. The molecular formula is C12H16ClN5O. The molecule has 0 amide bonds. The number of hydrogen-bond donors (Lipinski definition) is 1. The van der Waals surface area contributed by atoms with Gasteiger partial charge in [-0.3, -0.25) is 4.68 Å². The molecule has 0 aromatic carbocycles. The predicted molar refractivity (Wildman–Crippen MR) is 72.9 cm³/mol. The minimum atomic E-state index is 0.360. The molecule has 0 radical (unpaired) electrons. The van der Waals surface area contributed by atoms with Gasteiger partial charge in [0.1, 0.15) is 17.6 Å². The summed E-state index contributed by atoms with van der Waals surface area (Å²) in [6, 6.07) is 1.69. The van der Waals surface area contributed by atoms with Crippen LogP contribution >= 0.6 is 11.6 Å². The lowest BCUT2D eigenvalue weighted by Crippen LogP contribution is -2.05. The standard InChI is InChI=1S/C12H16ClN5O/c1-3-19-8-12-16-10(13)4-11(17-12)14-5-9-6-15-18(2)7-9/h4,6-7H,3,5,8H2,1-2H3,(H,14,16,17). The average molecular weight is 282 g/mol. The van der Waals surface area contributed by atoms with Gasteiger partial charge in [0.15, 0.2) is 5.82 Å². The maximum Gasteiger partial charge on any atom is 0.158 e.